The van der Waals surface area contributed by atoms with Crippen LogP contribution in [-0.2, 0) is 16.0 Å². The molecule has 1 amide bonds. The van der Waals surface area contributed by atoms with Crippen molar-refractivity contribution < 1.29 is 9.53 Å². The molecule has 3 rings (SSSR count). The van der Waals surface area contributed by atoms with E-state index >= 15 is 0 Å². The molecule has 20 heavy (non-hydrogen) atoms. The quantitative estimate of drug-likeness (QED) is 0.825. The summed E-state index contributed by atoms with van der Waals surface area (Å²) in [5, 5.41) is 0. The molecule has 1 aromatic rings. The lowest BCUT2D eigenvalue weighted by molar-refractivity contribution is -0.135. The Hall–Kier alpha value is -1.35. The lowest BCUT2D eigenvalue weighted by Gasteiger charge is -2.28. The Kier molecular flexibility index (Phi) is 4.06. The van der Waals surface area contributed by atoms with Crippen LogP contribution < -0.4 is 0 Å². The largest absolute Gasteiger partial charge is 0.379 e. The van der Waals surface area contributed by atoms with Crippen molar-refractivity contribution in [1.82, 2.24) is 4.90 Å². The van der Waals surface area contributed by atoms with Gasteiger partial charge in [0.25, 0.3) is 0 Å². The van der Waals surface area contributed by atoms with Crippen LogP contribution in [-0.4, -0.2) is 36.6 Å². The number of amides is 1. The van der Waals surface area contributed by atoms with E-state index in [1.165, 1.54) is 5.56 Å². The van der Waals surface area contributed by atoms with Crippen molar-refractivity contribution in [3.63, 3.8) is 0 Å². The van der Waals surface area contributed by atoms with E-state index in [0.717, 1.165) is 32.4 Å². The van der Waals surface area contributed by atoms with Gasteiger partial charge in [-0.15, -0.1) is 0 Å². The summed E-state index contributed by atoms with van der Waals surface area (Å²) in [6.07, 6.45) is 2.99. The first-order chi connectivity index (χ1) is 9.75. The van der Waals surface area contributed by atoms with Gasteiger partial charge in [-0.2, -0.15) is 0 Å². The number of rotatable bonds is 5. The Bertz CT molecular complexity index is 453. The zero-order valence-electron chi connectivity index (χ0n) is 12.1. The van der Waals surface area contributed by atoms with Crippen LogP contribution in [0, 0.1) is 11.8 Å². The van der Waals surface area contributed by atoms with Gasteiger partial charge in [-0.3, -0.25) is 4.79 Å². The summed E-state index contributed by atoms with van der Waals surface area (Å²) in [6.45, 7) is 4.49. The van der Waals surface area contributed by atoms with Crippen LogP contribution in [0.2, 0.25) is 0 Å². The summed E-state index contributed by atoms with van der Waals surface area (Å²) in [4.78, 5) is 14.7. The smallest absolute Gasteiger partial charge is 0.226 e. The Balaban J connectivity index is 1.64. The predicted octanol–water partition coefficient (Wildman–Crippen LogP) is 2.50. The van der Waals surface area contributed by atoms with Crippen LogP contribution in [0.25, 0.3) is 0 Å². The highest BCUT2D eigenvalue weighted by Crippen LogP contribution is 2.39. The SMILES string of the molecule is C[C@@H]1C[C@H]1C(=O)N(CCc1ccccc1)[C@@H]1CCOC1. The van der Waals surface area contributed by atoms with E-state index in [1.807, 2.05) is 6.07 Å². The number of nitrogens with zero attached hydrogens (tertiary/aromatic N) is 1. The molecule has 0 radical (unpaired) electrons. The van der Waals surface area contributed by atoms with E-state index in [4.69, 9.17) is 4.74 Å². The number of carbonyl (C=O) groups excluding carboxylic acids is 1. The maximum absolute atomic E-state index is 12.6. The van der Waals surface area contributed by atoms with Crippen LogP contribution in [0.15, 0.2) is 30.3 Å². The van der Waals surface area contributed by atoms with Crippen molar-refractivity contribution in [3.05, 3.63) is 35.9 Å². The lowest BCUT2D eigenvalue weighted by Crippen LogP contribution is -2.43. The number of benzene rings is 1. The van der Waals surface area contributed by atoms with Gasteiger partial charge in [-0.05, 0) is 30.7 Å². The molecule has 1 aliphatic heterocycles. The maximum atomic E-state index is 12.6. The van der Waals surface area contributed by atoms with Gasteiger partial charge in [-0.1, -0.05) is 37.3 Å². The van der Waals surface area contributed by atoms with E-state index in [2.05, 4.69) is 36.1 Å². The van der Waals surface area contributed by atoms with Gasteiger partial charge >= 0.3 is 0 Å². The van der Waals surface area contributed by atoms with Crippen LogP contribution in [0.1, 0.15) is 25.3 Å². The minimum atomic E-state index is 0.270. The minimum absolute atomic E-state index is 0.270. The van der Waals surface area contributed by atoms with Crippen LogP contribution in [0.3, 0.4) is 0 Å². The van der Waals surface area contributed by atoms with Crippen molar-refractivity contribution in [3.8, 4) is 0 Å². The summed E-state index contributed by atoms with van der Waals surface area (Å²) in [7, 11) is 0. The molecule has 3 nitrogen and oxygen atoms in total. The fraction of sp³-hybridized carbons (Fsp3) is 0.588. The molecule has 0 N–H and O–H groups in total. The zero-order chi connectivity index (χ0) is 13.9. The first kappa shape index (κ1) is 13.6. The molecule has 0 bridgehead atoms. The molecule has 3 heteroatoms. The minimum Gasteiger partial charge on any atom is -0.379 e. The molecule has 1 saturated heterocycles. The Morgan fingerprint density at radius 2 is 2.10 bits per heavy atom. The third-order valence-electron chi connectivity index (χ3n) is 4.54. The molecule has 0 unspecified atom stereocenters. The molecule has 1 heterocycles. The molecule has 1 saturated carbocycles. The Labute approximate surface area is 120 Å². The highest BCUT2D eigenvalue weighted by Gasteiger charge is 2.43. The molecule has 3 atom stereocenters. The van der Waals surface area contributed by atoms with E-state index < -0.39 is 0 Å². The standard InChI is InChI=1S/C17H23NO2/c1-13-11-16(13)17(19)18(15-8-10-20-12-15)9-7-14-5-3-2-4-6-14/h2-6,13,15-16H,7-12H2,1H3/t13-,15-,16-/m1/s1. The molecule has 0 spiro atoms. The summed E-state index contributed by atoms with van der Waals surface area (Å²) >= 11 is 0. The van der Waals surface area contributed by atoms with Gasteiger partial charge in [0.15, 0.2) is 0 Å². The van der Waals surface area contributed by atoms with Crippen molar-refractivity contribution in [2.75, 3.05) is 19.8 Å². The summed E-state index contributed by atoms with van der Waals surface area (Å²) in [5.41, 5.74) is 1.30. The maximum Gasteiger partial charge on any atom is 0.226 e. The van der Waals surface area contributed by atoms with E-state index in [-0.39, 0.29) is 5.92 Å². The lowest BCUT2D eigenvalue weighted by atomic mass is 10.1. The van der Waals surface area contributed by atoms with Crippen LogP contribution in [0.5, 0.6) is 0 Å². The Morgan fingerprint density at radius 3 is 2.70 bits per heavy atom. The molecule has 1 aliphatic carbocycles. The van der Waals surface area contributed by atoms with Crippen molar-refractivity contribution in [2.45, 2.75) is 32.2 Å². The van der Waals surface area contributed by atoms with Gasteiger partial charge in [-0.25, -0.2) is 0 Å². The molecule has 108 valence electrons. The molecule has 2 aliphatic rings. The second kappa shape index (κ2) is 5.96. The zero-order valence-corrected chi connectivity index (χ0v) is 12.1. The fourth-order valence-corrected chi connectivity index (χ4v) is 3.01. The Morgan fingerprint density at radius 1 is 1.35 bits per heavy atom. The van der Waals surface area contributed by atoms with Gasteiger partial charge in [0.1, 0.15) is 0 Å². The van der Waals surface area contributed by atoms with Gasteiger partial charge in [0, 0.05) is 19.1 Å². The van der Waals surface area contributed by atoms with Crippen molar-refractivity contribution in [1.29, 1.82) is 0 Å². The van der Waals surface area contributed by atoms with E-state index in [0.29, 0.717) is 24.5 Å². The van der Waals surface area contributed by atoms with Crippen molar-refractivity contribution in [2.24, 2.45) is 11.8 Å². The number of ether oxygens (including phenoxy) is 1. The molecule has 2 fully saturated rings. The molecular formula is C17H23NO2. The average molecular weight is 273 g/mol. The molecule has 1 aromatic carbocycles. The third kappa shape index (κ3) is 3.04. The number of hydrogen-bond donors (Lipinski definition) is 0. The second-order valence-electron chi connectivity index (χ2n) is 6.10. The third-order valence-corrected chi connectivity index (χ3v) is 4.54. The summed E-state index contributed by atoms with van der Waals surface area (Å²) in [5.74, 6) is 1.19. The highest BCUT2D eigenvalue weighted by atomic mass is 16.5. The summed E-state index contributed by atoms with van der Waals surface area (Å²) in [6, 6.07) is 10.7. The molecular weight excluding hydrogens is 250 g/mol. The van der Waals surface area contributed by atoms with Gasteiger partial charge < -0.3 is 9.64 Å². The van der Waals surface area contributed by atoms with E-state index in [9.17, 15) is 4.79 Å². The van der Waals surface area contributed by atoms with Crippen LogP contribution >= 0.6 is 0 Å². The summed E-state index contributed by atoms with van der Waals surface area (Å²) < 4.78 is 5.47. The van der Waals surface area contributed by atoms with Gasteiger partial charge in [0.2, 0.25) is 5.91 Å². The van der Waals surface area contributed by atoms with Crippen molar-refractivity contribution >= 4 is 5.91 Å². The molecule has 0 aromatic heterocycles. The monoisotopic (exact) mass is 273 g/mol. The van der Waals surface area contributed by atoms with Crippen LogP contribution in [0.4, 0.5) is 0 Å². The second-order valence-corrected chi connectivity index (χ2v) is 6.10. The predicted molar refractivity (Wildman–Crippen MR) is 78.4 cm³/mol. The fourth-order valence-electron chi connectivity index (χ4n) is 3.01. The first-order valence-electron chi connectivity index (χ1n) is 7.68. The highest BCUT2D eigenvalue weighted by molar-refractivity contribution is 5.82. The number of hydrogen-bond acceptors (Lipinski definition) is 2. The van der Waals surface area contributed by atoms with Gasteiger partial charge in [0.05, 0.1) is 12.6 Å². The van der Waals surface area contributed by atoms with E-state index in [1.54, 1.807) is 0 Å². The average Bonchev–Trinajstić information content (AvgIpc) is 2.98. The first-order valence-corrected chi connectivity index (χ1v) is 7.68. The normalized spacial score (nSPS) is 28.4. The number of carbonyl (C=O) groups is 1. The topological polar surface area (TPSA) is 29.5 Å².